The van der Waals surface area contributed by atoms with Crippen LogP contribution in [-0.4, -0.2) is 6.04 Å². The zero-order chi connectivity index (χ0) is 12.8. The van der Waals surface area contributed by atoms with Crippen LogP contribution in [0.4, 0.5) is 5.69 Å². The molecule has 1 atom stereocenters. The first-order valence-corrected chi connectivity index (χ1v) is 7.66. The molecule has 0 radical (unpaired) electrons. The minimum atomic E-state index is 0.678. The van der Waals surface area contributed by atoms with Crippen LogP contribution in [0.5, 0.6) is 0 Å². The molecule has 1 heteroatoms. The van der Waals surface area contributed by atoms with Crippen molar-refractivity contribution in [3.8, 4) is 0 Å². The summed E-state index contributed by atoms with van der Waals surface area (Å²) < 4.78 is 0. The Labute approximate surface area is 112 Å². The topological polar surface area (TPSA) is 12.0 Å². The van der Waals surface area contributed by atoms with E-state index in [-0.39, 0.29) is 0 Å². The van der Waals surface area contributed by atoms with E-state index in [1.54, 1.807) is 0 Å². The average molecular weight is 245 g/mol. The molecular formula is C17H27N. The molecule has 1 unspecified atom stereocenters. The maximum absolute atomic E-state index is 3.70. The van der Waals surface area contributed by atoms with E-state index in [1.807, 2.05) is 0 Å². The van der Waals surface area contributed by atoms with E-state index in [0.717, 1.165) is 0 Å². The highest BCUT2D eigenvalue weighted by molar-refractivity contribution is 5.46. The third-order valence-corrected chi connectivity index (χ3v) is 4.32. The summed E-state index contributed by atoms with van der Waals surface area (Å²) in [6, 6.07) is 9.78. The molecule has 1 N–H and O–H groups in total. The van der Waals surface area contributed by atoms with E-state index in [0.29, 0.717) is 12.0 Å². The smallest absolute Gasteiger partial charge is 0.0342 e. The predicted molar refractivity (Wildman–Crippen MR) is 80.3 cm³/mol. The summed E-state index contributed by atoms with van der Waals surface area (Å²) in [7, 11) is 0. The highest BCUT2D eigenvalue weighted by Gasteiger charge is 2.11. The number of nitrogens with one attached hydrogen (secondary N) is 1. The Hall–Kier alpha value is -0.980. The van der Waals surface area contributed by atoms with Crippen LogP contribution < -0.4 is 5.32 Å². The summed E-state index contributed by atoms with van der Waals surface area (Å²) in [6.07, 6.45) is 9.52. The lowest BCUT2D eigenvalue weighted by molar-refractivity contribution is 0.620. The summed E-state index contributed by atoms with van der Waals surface area (Å²) in [5.41, 5.74) is 2.76. The Kier molecular flexibility index (Phi) is 5.10. The predicted octanol–water partition coefficient (Wildman–Crippen LogP) is 5.33. The van der Waals surface area contributed by atoms with Gasteiger partial charge < -0.3 is 5.32 Å². The van der Waals surface area contributed by atoms with Gasteiger partial charge >= 0.3 is 0 Å². The fourth-order valence-corrected chi connectivity index (χ4v) is 2.80. The Morgan fingerprint density at radius 3 is 2.22 bits per heavy atom. The SMILES string of the molecule is CCC(C)c1ccc(NC2CCCCCC2)cc1. The third kappa shape index (κ3) is 3.76. The molecule has 0 heterocycles. The molecule has 0 aromatic heterocycles. The van der Waals surface area contributed by atoms with Crippen molar-refractivity contribution >= 4 is 5.69 Å². The molecule has 1 nitrogen and oxygen atoms in total. The van der Waals surface area contributed by atoms with Gasteiger partial charge in [0.2, 0.25) is 0 Å². The molecule has 2 rings (SSSR count). The van der Waals surface area contributed by atoms with E-state index < -0.39 is 0 Å². The van der Waals surface area contributed by atoms with Gasteiger partial charge in [0.1, 0.15) is 0 Å². The molecule has 0 saturated heterocycles. The highest BCUT2D eigenvalue weighted by Crippen LogP contribution is 2.23. The molecule has 0 aliphatic heterocycles. The van der Waals surface area contributed by atoms with Gasteiger partial charge in [-0.25, -0.2) is 0 Å². The zero-order valence-corrected chi connectivity index (χ0v) is 11.9. The summed E-state index contributed by atoms with van der Waals surface area (Å²) in [5, 5.41) is 3.70. The summed E-state index contributed by atoms with van der Waals surface area (Å²) in [6.45, 7) is 4.55. The van der Waals surface area contributed by atoms with Gasteiger partial charge in [-0.05, 0) is 42.9 Å². The highest BCUT2D eigenvalue weighted by atomic mass is 14.9. The second-order valence-electron chi connectivity index (χ2n) is 5.76. The standard InChI is InChI=1S/C17H27N/c1-3-14(2)15-10-12-17(13-11-15)18-16-8-6-4-5-7-9-16/h10-14,16,18H,3-9H2,1-2H3. The molecule has 0 amide bonds. The quantitative estimate of drug-likeness (QED) is 0.706. The molecule has 0 spiro atoms. The Balaban J connectivity index is 1.92. The zero-order valence-electron chi connectivity index (χ0n) is 11.9. The molecular weight excluding hydrogens is 218 g/mol. The molecule has 0 bridgehead atoms. The average Bonchev–Trinajstić information content (AvgIpc) is 2.67. The lowest BCUT2D eigenvalue weighted by Crippen LogP contribution is -2.18. The van der Waals surface area contributed by atoms with Crippen molar-refractivity contribution in [1.29, 1.82) is 0 Å². The van der Waals surface area contributed by atoms with Crippen LogP contribution in [0.15, 0.2) is 24.3 Å². The van der Waals surface area contributed by atoms with Crippen LogP contribution in [0.2, 0.25) is 0 Å². The largest absolute Gasteiger partial charge is 0.382 e. The summed E-state index contributed by atoms with van der Waals surface area (Å²) in [4.78, 5) is 0. The van der Waals surface area contributed by atoms with Crippen molar-refractivity contribution in [2.75, 3.05) is 5.32 Å². The minimum absolute atomic E-state index is 0.678. The van der Waals surface area contributed by atoms with Gasteiger partial charge in [-0.1, -0.05) is 51.7 Å². The first kappa shape index (κ1) is 13.5. The Bertz CT molecular complexity index is 333. The molecule has 1 fully saturated rings. The monoisotopic (exact) mass is 245 g/mol. The maximum atomic E-state index is 3.70. The lowest BCUT2D eigenvalue weighted by Gasteiger charge is -2.18. The number of benzene rings is 1. The molecule has 1 aliphatic carbocycles. The van der Waals surface area contributed by atoms with E-state index in [1.165, 1.54) is 56.2 Å². The number of rotatable bonds is 4. The van der Waals surface area contributed by atoms with E-state index in [4.69, 9.17) is 0 Å². The van der Waals surface area contributed by atoms with Crippen molar-refractivity contribution in [2.45, 2.75) is 70.8 Å². The number of hydrogen-bond acceptors (Lipinski definition) is 1. The first-order chi connectivity index (χ1) is 8.79. The van der Waals surface area contributed by atoms with E-state index in [9.17, 15) is 0 Å². The van der Waals surface area contributed by atoms with Crippen LogP contribution >= 0.6 is 0 Å². The van der Waals surface area contributed by atoms with Crippen molar-refractivity contribution < 1.29 is 0 Å². The van der Waals surface area contributed by atoms with Gasteiger partial charge in [0.25, 0.3) is 0 Å². The molecule has 1 aromatic rings. The Morgan fingerprint density at radius 1 is 1.06 bits per heavy atom. The van der Waals surface area contributed by atoms with Crippen LogP contribution in [0.25, 0.3) is 0 Å². The second-order valence-corrected chi connectivity index (χ2v) is 5.76. The molecule has 18 heavy (non-hydrogen) atoms. The van der Waals surface area contributed by atoms with Crippen molar-refractivity contribution in [2.24, 2.45) is 0 Å². The fraction of sp³-hybridized carbons (Fsp3) is 0.647. The van der Waals surface area contributed by atoms with Crippen molar-refractivity contribution in [3.63, 3.8) is 0 Å². The van der Waals surface area contributed by atoms with Gasteiger partial charge in [-0.15, -0.1) is 0 Å². The fourth-order valence-electron chi connectivity index (χ4n) is 2.80. The summed E-state index contributed by atoms with van der Waals surface area (Å²) in [5.74, 6) is 0.678. The van der Waals surface area contributed by atoms with E-state index in [2.05, 4.69) is 43.4 Å². The van der Waals surface area contributed by atoms with Crippen LogP contribution in [0, 0.1) is 0 Å². The van der Waals surface area contributed by atoms with Gasteiger partial charge in [-0.2, -0.15) is 0 Å². The Morgan fingerprint density at radius 2 is 1.67 bits per heavy atom. The van der Waals surface area contributed by atoms with Gasteiger partial charge in [-0.3, -0.25) is 0 Å². The lowest BCUT2D eigenvalue weighted by atomic mass is 9.98. The molecule has 1 aliphatic rings. The molecule has 1 saturated carbocycles. The number of anilines is 1. The van der Waals surface area contributed by atoms with Crippen molar-refractivity contribution in [3.05, 3.63) is 29.8 Å². The van der Waals surface area contributed by atoms with E-state index >= 15 is 0 Å². The third-order valence-electron chi connectivity index (χ3n) is 4.32. The second kappa shape index (κ2) is 6.82. The normalized spacial score (nSPS) is 19.2. The first-order valence-electron chi connectivity index (χ1n) is 7.66. The molecule has 1 aromatic carbocycles. The van der Waals surface area contributed by atoms with Gasteiger partial charge in [0.05, 0.1) is 0 Å². The molecule has 100 valence electrons. The van der Waals surface area contributed by atoms with Gasteiger partial charge in [0.15, 0.2) is 0 Å². The summed E-state index contributed by atoms with van der Waals surface area (Å²) >= 11 is 0. The van der Waals surface area contributed by atoms with Gasteiger partial charge in [0, 0.05) is 11.7 Å². The minimum Gasteiger partial charge on any atom is -0.382 e. The number of hydrogen-bond donors (Lipinski definition) is 1. The maximum Gasteiger partial charge on any atom is 0.0342 e. The van der Waals surface area contributed by atoms with Crippen molar-refractivity contribution in [1.82, 2.24) is 0 Å². The van der Waals surface area contributed by atoms with Crippen LogP contribution in [0.3, 0.4) is 0 Å². The van der Waals surface area contributed by atoms with Crippen LogP contribution in [-0.2, 0) is 0 Å². The van der Waals surface area contributed by atoms with Crippen LogP contribution in [0.1, 0.15) is 70.3 Å².